The van der Waals surface area contributed by atoms with E-state index in [0.29, 0.717) is 17.3 Å². The molecule has 1 aliphatic carbocycles. The summed E-state index contributed by atoms with van der Waals surface area (Å²) in [7, 11) is 0. The molecule has 1 aromatic carbocycles. The molecule has 1 amide bonds. The van der Waals surface area contributed by atoms with Crippen LogP contribution in [0.5, 0.6) is 0 Å². The molecule has 1 saturated heterocycles. The predicted molar refractivity (Wildman–Crippen MR) is 89.8 cm³/mol. The third-order valence-corrected chi connectivity index (χ3v) is 4.50. The van der Waals surface area contributed by atoms with Gasteiger partial charge in [0.2, 0.25) is 0 Å². The first-order valence-electron chi connectivity index (χ1n) is 8.28. The SMILES string of the molecule is O=C(Nc1nccnc1C1CC1)c1cccc(N2CCCC2)c1. The molecular weight excluding hydrogens is 288 g/mol. The van der Waals surface area contributed by atoms with E-state index in [1.54, 1.807) is 12.4 Å². The Hall–Kier alpha value is -2.43. The van der Waals surface area contributed by atoms with Crippen molar-refractivity contribution >= 4 is 17.4 Å². The number of carbonyl (C=O) groups is 1. The fourth-order valence-corrected chi connectivity index (χ4v) is 3.10. The summed E-state index contributed by atoms with van der Waals surface area (Å²) in [4.78, 5) is 23.6. The lowest BCUT2D eigenvalue weighted by atomic mass is 10.1. The lowest BCUT2D eigenvalue weighted by molar-refractivity contribution is 0.102. The van der Waals surface area contributed by atoms with Crippen molar-refractivity contribution in [3.8, 4) is 0 Å². The Morgan fingerprint density at radius 1 is 1.13 bits per heavy atom. The molecule has 118 valence electrons. The molecule has 0 unspecified atom stereocenters. The number of amides is 1. The quantitative estimate of drug-likeness (QED) is 0.942. The molecule has 2 fully saturated rings. The lowest BCUT2D eigenvalue weighted by Crippen LogP contribution is -2.19. The van der Waals surface area contributed by atoms with E-state index < -0.39 is 0 Å². The van der Waals surface area contributed by atoms with Crippen LogP contribution < -0.4 is 10.2 Å². The normalized spacial score (nSPS) is 17.3. The average Bonchev–Trinajstić information content (AvgIpc) is 3.29. The molecule has 1 aromatic heterocycles. The smallest absolute Gasteiger partial charge is 0.256 e. The minimum absolute atomic E-state index is 0.117. The van der Waals surface area contributed by atoms with Crippen LogP contribution in [-0.4, -0.2) is 29.0 Å². The van der Waals surface area contributed by atoms with E-state index in [1.807, 2.05) is 18.2 Å². The number of nitrogens with zero attached hydrogens (tertiary/aromatic N) is 3. The van der Waals surface area contributed by atoms with Gasteiger partial charge in [0.25, 0.3) is 5.91 Å². The van der Waals surface area contributed by atoms with Crippen molar-refractivity contribution in [1.82, 2.24) is 9.97 Å². The number of hydrogen-bond donors (Lipinski definition) is 1. The number of carbonyl (C=O) groups excluding carboxylic acids is 1. The number of rotatable bonds is 4. The number of anilines is 2. The van der Waals surface area contributed by atoms with Gasteiger partial charge in [-0.15, -0.1) is 0 Å². The Bertz CT molecular complexity index is 720. The van der Waals surface area contributed by atoms with Gasteiger partial charge in [0.05, 0.1) is 5.69 Å². The van der Waals surface area contributed by atoms with Gasteiger partial charge in [-0.05, 0) is 43.9 Å². The maximum absolute atomic E-state index is 12.6. The van der Waals surface area contributed by atoms with E-state index in [4.69, 9.17) is 0 Å². The van der Waals surface area contributed by atoms with Crippen LogP contribution in [0.4, 0.5) is 11.5 Å². The van der Waals surface area contributed by atoms with Gasteiger partial charge in [0, 0.05) is 42.7 Å². The van der Waals surface area contributed by atoms with Gasteiger partial charge in [0.15, 0.2) is 5.82 Å². The van der Waals surface area contributed by atoms with Gasteiger partial charge in [-0.1, -0.05) is 6.07 Å². The van der Waals surface area contributed by atoms with Crippen molar-refractivity contribution in [2.24, 2.45) is 0 Å². The fourth-order valence-electron chi connectivity index (χ4n) is 3.10. The number of benzene rings is 1. The van der Waals surface area contributed by atoms with E-state index in [2.05, 4.69) is 26.3 Å². The fraction of sp³-hybridized carbons (Fsp3) is 0.389. The standard InChI is InChI=1S/C18H20N4O/c23-18(21-17-16(13-6-7-13)19-8-9-20-17)14-4-3-5-15(12-14)22-10-1-2-11-22/h3-5,8-9,12-13H,1-2,6-7,10-11H2,(H,20,21,23). The summed E-state index contributed by atoms with van der Waals surface area (Å²) in [5.41, 5.74) is 2.70. The first-order chi connectivity index (χ1) is 11.3. The topological polar surface area (TPSA) is 58.1 Å². The van der Waals surface area contributed by atoms with Crippen LogP contribution in [0.1, 0.15) is 47.7 Å². The van der Waals surface area contributed by atoms with Gasteiger partial charge in [-0.25, -0.2) is 4.98 Å². The molecule has 1 saturated carbocycles. The van der Waals surface area contributed by atoms with E-state index in [-0.39, 0.29) is 5.91 Å². The summed E-state index contributed by atoms with van der Waals surface area (Å²) in [6.07, 6.45) is 8.03. The summed E-state index contributed by atoms with van der Waals surface area (Å²) in [5, 5.41) is 2.93. The maximum Gasteiger partial charge on any atom is 0.256 e. The van der Waals surface area contributed by atoms with Crippen LogP contribution in [0.2, 0.25) is 0 Å². The average molecular weight is 308 g/mol. The molecule has 0 atom stereocenters. The van der Waals surface area contributed by atoms with E-state index >= 15 is 0 Å². The third-order valence-electron chi connectivity index (χ3n) is 4.50. The van der Waals surface area contributed by atoms with E-state index in [9.17, 15) is 4.79 Å². The van der Waals surface area contributed by atoms with Gasteiger partial charge in [0.1, 0.15) is 0 Å². The highest BCUT2D eigenvalue weighted by Gasteiger charge is 2.28. The summed E-state index contributed by atoms with van der Waals surface area (Å²) in [6, 6.07) is 7.83. The molecule has 2 heterocycles. The maximum atomic E-state index is 12.6. The van der Waals surface area contributed by atoms with Crippen molar-refractivity contribution in [1.29, 1.82) is 0 Å². The minimum atomic E-state index is -0.117. The molecule has 0 spiro atoms. The van der Waals surface area contributed by atoms with Crippen molar-refractivity contribution in [2.75, 3.05) is 23.3 Å². The van der Waals surface area contributed by atoms with Crippen molar-refractivity contribution in [3.63, 3.8) is 0 Å². The van der Waals surface area contributed by atoms with Crippen LogP contribution in [-0.2, 0) is 0 Å². The van der Waals surface area contributed by atoms with Crippen LogP contribution in [0.25, 0.3) is 0 Å². The third kappa shape index (κ3) is 3.04. The summed E-state index contributed by atoms with van der Waals surface area (Å²) < 4.78 is 0. The molecule has 1 aliphatic heterocycles. The Kier molecular flexibility index (Phi) is 3.69. The molecule has 2 aliphatic rings. The Morgan fingerprint density at radius 2 is 1.91 bits per heavy atom. The lowest BCUT2D eigenvalue weighted by Gasteiger charge is -2.18. The Balaban J connectivity index is 1.54. The zero-order valence-electron chi connectivity index (χ0n) is 13.0. The van der Waals surface area contributed by atoms with Crippen molar-refractivity contribution in [2.45, 2.75) is 31.6 Å². The van der Waals surface area contributed by atoms with Crippen LogP contribution >= 0.6 is 0 Å². The second-order valence-electron chi connectivity index (χ2n) is 6.26. The first-order valence-corrected chi connectivity index (χ1v) is 8.28. The molecule has 5 nitrogen and oxygen atoms in total. The van der Waals surface area contributed by atoms with Crippen molar-refractivity contribution < 1.29 is 4.79 Å². The zero-order valence-corrected chi connectivity index (χ0v) is 13.0. The second-order valence-corrected chi connectivity index (χ2v) is 6.26. The largest absolute Gasteiger partial charge is 0.372 e. The number of aromatic nitrogens is 2. The Morgan fingerprint density at radius 3 is 2.70 bits per heavy atom. The first kappa shape index (κ1) is 14.2. The highest BCUT2D eigenvalue weighted by molar-refractivity contribution is 6.04. The van der Waals surface area contributed by atoms with Gasteiger partial charge in [-0.2, -0.15) is 0 Å². The molecule has 23 heavy (non-hydrogen) atoms. The van der Waals surface area contributed by atoms with Gasteiger partial charge < -0.3 is 10.2 Å². The van der Waals surface area contributed by atoms with Crippen LogP contribution in [0.15, 0.2) is 36.7 Å². The van der Waals surface area contributed by atoms with E-state index in [0.717, 1.165) is 37.3 Å². The molecule has 5 heteroatoms. The predicted octanol–water partition coefficient (Wildman–Crippen LogP) is 3.21. The van der Waals surface area contributed by atoms with Crippen molar-refractivity contribution in [3.05, 3.63) is 47.9 Å². The molecule has 0 bridgehead atoms. The highest BCUT2D eigenvalue weighted by Crippen LogP contribution is 2.41. The zero-order chi connectivity index (χ0) is 15.6. The van der Waals surface area contributed by atoms with Gasteiger partial charge >= 0.3 is 0 Å². The van der Waals surface area contributed by atoms with Crippen LogP contribution in [0, 0.1) is 0 Å². The van der Waals surface area contributed by atoms with E-state index in [1.165, 1.54) is 12.8 Å². The molecule has 4 rings (SSSR count). The second kappa shape index (κ2) is 5.99. The highest BCUT2D eigenvalue weighted by atomic mass is 16.1. The number of nitrogens with one attached hydrogen (secondary N) is 1. The monoisotopic (exact) mass is 308 g/mol. The number of hydrogen-bond acceptors (Lipinski definition) is 4. The van der Waals surface area contributed by atoms with Crippen LogP contribution in [0.3, 0.4) is 0 Å². The molecule has 1 N–H and O–H groups in total. The minimum Gasteiger partial charge on any atom is -0.372 e. The summed E-state index contributed by atoms with van der Waals surface area (Å²) in [6.45, 7) is 2.14. The Labute approximate surface area is 135 Å². The summed E-state index contributed by atoms with van der Waals surface area (Å²) in [5.74, 6) is 0.940. The molecule has 0 radical (unpaired) electrons. The molecular formula is C18H20N4O. The summed E-state index contributed by atoms with van der Waals surface area (Å²) >= 11 is 0. The molecule has 2 aromatic rings. The van der Waals surface area contributed by atoms with Gasteiger partial charge in [-0.3, -0.25) is 9.78 Å².